The molecule has 1 spiro atoms. The smallest absolute Gasteiger partial charge is 0.407 e. The molecule has 0 aliphatic carbocycles. The van der Waals surface area contributed by atoms with Crippen molar-refractivity contribution in [2.24, 2.45) is 0 Å². The number of likely N-dealkylation sites (N-methyl/N-ethyl adjacent to an activating group) is 1. The van der Waals surface area contributed by atoms with E-state index >= 15 is 4.39 Å². The number of piperidine rings is 1. The maximum absolute atomic E-state index is 17.6. The van der Waals surface area contributed by atoms with Crippen LogP contribution < -0.4 is 15.0 Å². The van der Waals surface area contributed by atoms with Gasteiger partial charge in [0.25, 0.3) is 0 Å². The molecule has 12 heteroatoms. The van der Waals surface area contributed by atoms with Gasteiger partial charge in [-0.3, -0.25) is 4.79 Å². The zero-order chi connectivity index (χ0) is 33.7. The van der Waals surface area contributed by atoms with Crippen LogP contribution in [0.25, 0.3) is 38.9 Å². The summed E-state index contributed by atoms with van der Waals surface area (Å²) in [4.78, 5) is 36.5. The lowest BCUT2D eigenvalue weighted by Gasteiger charge is -2.44. The quantitative estimate of drug-likeness (QED) is 0.199. The lowest BCUT2D eigenvalue weighted by Crippen LogP contribution is -2.57. The molecule has 1 aromatic heterocycles. The minimum absolute atomic E-state index is 0.00350. The summed E-state index contributed by atoms with van der Waals surface area (Å²) in [5, 5.41) is 24.5. The van der Waals surface area contributed by atoms with Crippen LogP contribution in [0.2, 0.25) is 0 Å². The number of anilines is 2. The fourth-order valence-corrected chi connectivity index (χ4v) is 7.35. The van der Waals surface area contributed by atoms with Gasteiger partial charge in [0, 0.05) is 61.9 Å². The van der Waals surface area contributed by atoms with Gasteiger partial charge in [-0.1, -0.05) is 24.3 Å². The number of carbonyl (C=O) groups is 2. The summed E-state index contributed by atoms with van der Waals surface area (Å²) in [6.07, 6.45) is 2.58. The third kappa shape index (κ3) is 4.98. The van der Waals surface area contributed by atoms with E-state index in [0.717, 1.165) is 10.8 Å². The maximum Gasteiger partial charge on any atom is 0.407 e. The number of nitriles is 1. The first-order valence-corrected chi connectivity index (χ1v) is 15.8. The minimum atomic E-state index is -1.24. The van der Waals surface area contributed by atoms with Crippen molar-refractivity contribution in [3.8, 4) is 22.9 Å². The number of carbonyl (C=O) groups excluding carboxylic acids is 1. The third-order valence-corrected chi connectivity index (χ3v) is 9.82. The van der Waals surface area contributed by atoms with Crippen molar-refractivity contribution < 1.29 is 28.6 Å². The molecule has 2 fully saturated rings. The summed E-state index contributed by atoms with van der Waals surface area (Å²) in [6.45, 7) is 1.49. The van der Waals surface area contributed by atoms with Gasteiger partial charge in [-0.05, 0) is 73.1 Å². The van der Waals surface area contributed by atoms with Crippen LogP contribution in [0.15, 0.2) is 48.5 Å². The van der Waals surface area contributed by atoms with Gasteiger partial charge in [0.15, 0.2) is 18.4 Å². The highest BCUT2D eigenvalue weighted by Crippen LogP contribution is 2.52. The molecule has 1 atom stereocenters. The van der Waals surface area contributed by atoms with Crippen LogP contribution in [-0.2, 0) is 14.9 Å². The van der Waals surface area contributed by atoms with Crippen LogP contribution in [0.3, 0.4) is 0 Å². The van der Waals surface area contributed by atoms with E-state index in [9.17, 15) is 20.0 Å². The van der Waals surface area contributed by atoms with Crippen LogP contribution in [0.4, 0.5) is 20.7 Å². The number of ether oxygens (including phenoxy) is 2. The number of aromatic nitrogens is 1. The Morgan fingerprint density at radius 2 is 2.04 bits per heavy atom. The van der Waals surface area contributed by atoms with Crippen molar-refractivity contribution in [3.63, 3.8) is 0 Å². The highest BCUT2D eigenvalue weighted by Gasteiger charge is 2.53. The van der Waals surface area contributed by atoms with Gasteiger partial charge in [0.1, 0.15) is 11.3 Å². The third-order valence-electron chi connectivity index (χ3n) is 9.82. The van der Waals surface area contributed by atoms with Crippen LogP contribution in [-0.4, -0.2) is 92.1 Å². The van der Waals surface area contributed by atoms with E-state index in [4.69, 9.17) is 14.5 Å². The van der Waals surface area contributed by atoms with Crippen molar-refractivity contribution in [1.29, 1.82) is 5.26 Å². The normalized spacial score (nSPS) is 19.3. The molecule has 3 aromatic carbocycles. The number of benzene rings is 3. The van der Waals surface area contributed by atoms with Gasteiger partial charge in [-0.2, -0.15) is 5.26 Å². The molecule has 4 heterocycles. The number of hydrogen-bond acceptors (Lipinski definition) is 8. The van der Waals surface area contributed by atoms with Gasteiger partial charge in [0.2, 0.25) is 5.91 Å². The van der Waals surface area contributed by atoms with E-state index in [1.807, 2.05) is 55.4 Å². The molecule has 11 nitrogen and oxygen atoms in total. The Labute approximate surface area is 276 Å². The number of nitrogens with zero attached hydrogens (tertiary/aromatic N) is 5. The zero-order valence-electron chi connectivity index (χ0n) is 26.9. The Balaban J connectivity index is 1.54. The Morgan fingerprint density at radius 3 is 2.77 bits per heavy atom. The van der Waals surface area contributed by atoms with Crippen molar-refractivity contribution in [2.75, 3.05) is 64.4 Å². The van der Waals surface area contributed by atoms with Crippen LogP contribution in [0.1, 0.15) is 24.0 Å². The Bertz CT molecular complexity index is 2050. The van der Waals surface area contributed by atoms with Gasteiger partial charge < -0.3 is 34.6 Å². The fourth-order valence-electron chi connectivity index (χ4n) is 7.35. The first-order chi connectivity index (χ1) is 23.2. The minimum Gasteiger partial charge on any atom is -0.468 e. The molecular weight excluding hydrogens is 615 g/mol. The SMILES string of the molecule is COCOc1cc(-c2c(/C=C/C#N)cc3c4c(c(N5CC(N(C)C)C5)nc3c2F)NC(=O)C42CCCN(C(=O)O)C2)c2ccccc2c1. The van der Waals surface area contributed by atoms with Gasteiger partial charge >= 0.3 is 6.09 Å². The van der Waals surface area contributed by atoms with Crippen molar-refractivity contribution in [3.05, 3.63) is 65.5 Å². The number of pyridine rings is 1. The first kappa shape index (κ1) is 31.4. The highest BCUT2D eigenvalue weighted by molar-refractivity contribution is 6.15. The molecule has 0 radical (unpaired) electrons. The van der Waals surface area contributed by atoms with Crippen LogP contribution in [0, 0.1) is 17.1 Å². The van der Waals surface area contributed by atoms with Crippen LogP contribution in [0.5, 0.6) is 5.75 Å². The summed E-state index contributed by atoms with van der Waals surface area (Å²) < 4.78 is 28.5. The Kier molecular flexibility index (Phi) is 7.89. The molecule has 3 aliphatic rings. The average Bonchev–Trinajstić information content (AvgIpc) is 3.32. The predicted octanol–water partition coefficient (Wildman–Crippen LogP) is 5.43. The number of fused-ring (bicyclic) bond motifs is 5. The molecule has 0 saturated carbocycles. The zero-order valence-corrected chi connectivity index (χ0v) is 26.9. The second-order valence-corrected chi connectivity index (χ2v) is 12.8. The number of nitrogens with one attached hydrogen (secondary N) is 1. The topological polar surface area (TPSA) is 131 Å². The first-order valence-electron chi connectivity index (χ1n) is 15.8. The number of rotatable bonds is 7. The van der Waals surface area contributed by atoms with E-state index < -0.39 is 17.3 Å². The maximum atomic E-state index is 17.6. The summed E-state index contributed by atoms with van der Waals surface area (Å²) >= 11 is 0. The molecule has 1 unspecified atom stereocenters. The highest BCUT2D eigenvalue weighted by atomic mass is 19.1. The standard InChI is InChI=1S/C36H35FN6O5/c1-41(2)23-17-43(18-23)33-32-29(36(34(44)40-32)11-7-13-42(19-36)35(45)46)27-15-22(9-6-12-38)28(30(37)31(27)39-33)26-16-24(48-20-47-3)14-21-8-4-5-10-25(21)26/h4-6,8-10,14-16,23H,7,11,13,17-20H2,1-3H3,(H,40,44)(H,45,46)/b9-6+. The van der Waals surface area contributed by atoms with Gasteiger partial charge in [0.05, 0.1) is 17.2 Å². The number of halogens is 1. The molecule has 7 rings (SSSR count). The summed E-state index contributed by atoms with van der Waals surface area (Å²) in [6, 6.07) is 15.2. The summed E-state index contributed by atoms with van der Waals surface area (Å²) in [7, 11) is 5.51. The largest absolute Gasteiger partial charge is 0.468 e. The number of amides is 2. The Morgan fingerprint density at radius 1 is 1.25 bits per heavy atom. The van der Waals surface area contributed by atoms with E-state index in [1.54, 1.807) is 18.2 Å². The molecule has 48 heavy (non-hydrogen) atoms. The molecule has 4 aromatic rings. The monoisotopic (exact) mass is 650 g/mol. The van der Waals surface area contributed by atoms with Crippen molar-refractivity contribution in [2.45, 2.75) is 24.3 Å². The predicted molar refractivity (Wildman–Crippen MR) is 181 cm³/mol. The summed E-state index contributed by atoms with van der Waals surface area (Å²) in [5.74, 6) is -0.00657. The second-order valence-electron chi connectivity index (χ2n) is 12.8. The number of carboxylic acid groups (broad SMARTS) is 1. The molecule has 2 saturated heterocycles. The lowest BCUT2D eigenvalue weighted by atomic mass is 9.73. The Hall–Kier alpha value is -5.25. The van der Waals surface area contributed by atoms with Gasteiger partial charge in [-0.15, -0.1) is 0 Å². The molecule has 2 amide bonds. The molecular formula is C36H35FN6O5. The van der Waals surface area contributed by atoms with Crippen molar-refractivity contribution >= 4 is 51.3 Å². The average molecular weight is 651 g/mol. The molecule has 2 N–H and O–H groups in total. The second kappa shape index (κ2) is 12.1. The number of likely N-dealkylation sites (tertiary alicyclic amines) is 1. The summed E-state index contributed by atoms with van der Waals surface area (Å²) in [5.41, 5.74) is 1.03. The van der Waals surface area contributed by atoms with E-state index in [2.05, 4.69) is 10.2 Å². The van der Waals surface area contributed by atoms with Crippen LogP contribution >= 0.6 is 0 Å². The molecule has 0 bridgehead atoms. The van der Waals surface area contributed by atoms with E-state index in [1.165, 1.54) is 18.1 Å². The molecule has 246 valence electrons. The van der Waals surface area contributed by atoms with Crippen molar-refractivity contribution in [1.82, 2.24) is 14.8 Å². The number of allylic oxidation sites excluding steroid dienone is 1. The number of methoxy groups -OCH3 is 1. The number of hydrogen-bond donors (Lipinski definition) is 2. The van der Waals surface area contributed by atoms with E-state index in [-0.39, 0.29) is 36.4 Å². The lowest BCUT2D eigenvalue weighted by molar-refractivity contribution is -0.122. The molecule has 3 aliphatic heterocycles. The van der Waals surface area contributed by atoms with Gasteiger partial charge in [-0.25, -0.2) is 14.2 Å². The van der Waals surface area contributed by atoms with E-state index in [0.29, 0.717) is 71.8 Å². The fraction of sp³-hybridized carbons (Fsp3) is 0.333.